The van der Waals surface area contributed by atoms with Gasteiger partial charge in [0, 0.05) is 18.6 Å². The summed E-state index contributed by atoms with van der Waals surface area (Å²) in [4.78, 5) is 16.3. The first-order valence-electron chi connectivity index (χ1n) is 6.86. The molecule has 0 bridgehead atoms. The molecule has 1 aromatic heterocycles. The van der Waals surface area contributed by atoms with E-state index >= 15 is 0 Å². The summed E-state index contributed by atoms with van der Waals surface area (Å²) in [7, 11) is 1.81. The van der Waals surface area contributed by atoms with Crippen molar-refractivity contribution in [3.8, 4) is 0 Å². The third-order valence-corrected chi connectivity index (χ3v) is 3.30. The minimum absolute atomic E-state index is 0.346. The second kappa shape index (κ2) is 5.90. The molecule has 1 heterocycles. The Labute approximate surface area is 119 Å². The van der Waals surface area contributed by atoms with Crippen LogP contribution in [0.4, 0.5) is 5.69 Å². The van der Waals surface area contributed by atoms with Gasteiger partial charge in [0.25, 0.3) is 0 Å². The molecule has 106 valence electrons. The van der Waals surface area contributed by atoms with Gasteiger partial charge in [0.1, 0.15) is 5.56 Å². The number of carbonyl (C=O) groups is 1. The van der Waals surface area contributed by atoms with E-state index in [0.29, 0.717) is 18.1 Å². The molecule has 20 heavy (non-hydrogen) atoms. The smallest absolute Gasteiger partial charge is 0.341 e. The van der Waals surface area contributed by atoms with Crippen molar-refractivity contribution in [3.05, 3.63) is 35.5 Å². The second-order valence-corrected chi connectivity index (χ2v) is 4.95. The molecule has 0 aliphatic rings. The zero-order valence-corrected chi connectivity index (χ0v) is 12.4. The molecule has 0 unspecified atom stereocenters. The van der Waals surface area contributed by atoms with E-state index in [2.05, 4.69) is 36.3 Å². The average molecular weight is 272 g/mol. The minimum Gasteiger partial charge on any atom is -0.462 e. The lowest BCUT2D eigenvalue weighted by atomic mass is 9.99. The van der Waals surface area contributed by atoms with Gasteiger partial charge in [-0.1, -0.05) is 19.9 Å². The van der Waals surface area contributed by atoms with Crippen molar-refractivity contribution in [2.24, 2.45) is 0 Å². The third kappa shape index (κ3) is 2.59. The summed E-state index contributed by atoms with van der Waals surface area (Å²) in [5.41, 5.74) is 3.34. The number of hydrogen-bond donors (Lipinski definition) is 1. The summed E-state index contributed by atoms with van der Waals surface area (Å²) >= 11 is 0. The van der Waals surface area contributed by atoms with Gasteiger partial charge >= 0.3 is 5.97 Å². The van der Waals surface area contributed by atoms with Gasteiger partial charge in [0.05, 0.1) is 17.8 Å². The molecule has 0 amide bonds. The molecule has 4 nitrogen and oxygen atoms in total. The fourth-order valence-corrected chi connectivity index (χ4v) is 2.20. The standard InChI is InChI=1S/C16H20N2O2/c1-5-20-16(19)13-9-18-14-7-6-11(10(2)3)8-12(14)15(13)17-4/h6-10H,5H2,1-4H3,(H,17,18). The number of nitrogens with one attached hydrogen (secondary N) is 1. The number of carbonyl (C=O) groups excluding carboxylic acids is 1. The van der Waals surface area contributed by atoms with E-state index in [1.165, 1.54) is 5.56 Å². The van der Waals surface area contributed by atoms with Crippen LogP contribution in [0.5, 0.6) is 0 Å². The fourth-order valence-electron chi connectivity index (χ4n) is 2.20. The van der Waals surface area contributed by atoms with Crippen LogP contribution in [-0.2, 0) is 4.74 Å². The van der Waals surface area contributed by atoms with Crippen molar-refractivity contribution in [2.75, 3.05) is 19.0 Å². The van der Waals surface area contributed by atoms with Crippen LogP contribution >= 0.6 is 0 Å². The lowest BCUT2D eigenvalue weighted by Crippen LogP contribution is -2.09. The van der Waals surface area contributed by atoms with Crippen LogP contribution in [0.1, 0.15) is 42.6 Å². The van der Waals surface area contributed by atoms with E-state index in [4.69, 9.17) is 4.74 Å². The molecule has 2 aromatic rings. The van der Waals surface area contributed by atoms with E-state index < -0.39 is 0 Å². The molecule has 4 heteroatoms. The number of hydrogen-bond acceptors (Lipinski definition) is 4. The van der Waals surface area contributed by atoms with Crippen LogP contribution in [0, 0.1) is 0 Å². The Bertz CT molecular complexity index is 636. The minimum atomic E-state index is -0.346. The molecule has 0 saturated heterocycles. The van der Waals surface area contributed by atoms with Gasteiger partial charge in [-0.05, 0) is 30.5 Å². The van der Waals surface area contributed by atoms with E-state index in [-0.39, 0.29) is 5.97 Å². The highest BCUT2D eigenvalue weighted by molar-refractivity contribution is 6.05. The molecular weight excluding hydrogens is 252 g/mol. The van der Waals surface area contributed by atoms with E-state index in [0.717, 1.165) is 16.6 Å². The maximum atomic E-state index is 12.0. The Morgan fingerprint density at radius 2 is 2.15 bits per heavy atom. The van der Waals surface area contributed by atoms with Gasteiger partial charge in [-0.3, -0.25) is 4.98 Å². The highest BCUT2D eigenvalue weighted by Gasteiger charge is 2.16. The van der Waals surface area contributed by atoms with E-state index in [1.807, 2.05) is 6.07 Å². The molecule has 2 rings (SSSR count). The number of aromatic nitrogens is 1. The summed E-state index contributed by atoms with van der Waals surface area (Å²) in [6.45, 7) is 6.43. The van der Waals surface area contributed by atoms with Crippen LogP contribution in [0.25, 0.3) is 10.9 Å². The number of rotatable bonds is 4. The monoisotopic (exact) mass is 272 g/mol. The number of pyridine rings is 1. The number of anilines is 1. The summed E-state index contributed by atoms with van der Waals surface area (Å²) < 4.78 is 5.08. The Kier molecular flexibility index (Phi) is 4.23. The fraction of sp³-hybridized carbons (Fsp3) is 0.375. The lowest BCUT2D eigenvalue weighted by molar-refractivity contribution is 0.0527. The van der Waals surface area contributed by atoms with Crippen LogP contribution in [0.3, 0.4) is 0 Å². The number of nitrogens with zero attached hydrogens (tertiary/aromatic N) is 1. The van der Waals surface area contributed by atoms with Gasteiger partial charge in [-0.2, -0.15) is 0 Å². The van der Waals surface area contributed by atoms with Gasteiger partial charge in [0.15, 0.2) is 0 Å². The molecule has 0 aliphatic carbocycles. The normalized spacial score (nSPS) is 10.8. The van der Waals surface area contributed by atoms with Crippen molar-refractivity contribution < 1.29 is 9.53 Å². The van der Waals surface area contributed by atoms with Gasteiger partial charge in [-0.25, -0.2) is 4.79 Å². The largest absolute Gasteiger partial charge is 0.462 e. The van der Waals surface area contributed by atoms with Crippen LogP contribution in [0.2, 0.25) is 0 Å². The van der Waals surface area contributed by atoms with Gasteiger partial charge < -0.3 is 10.1 Å². The molecule has 0 spiro atoms. The first-order chi connectivity index (χ1) is 9.58. The van der Waals surface area contributed by atoms with Crippen molar-refractivity contribution >= 4 is 22.6 Å². The highest BCUT2D eigenvalue weighted by Crippen LogP contribution is 2.29. The molecule has 1 aromatic carbocycles. The zero-order valence-electron chi connectivity index (χ0n) is 12.4. The maximum Gasteiger partial charge on any atom is 0.341 e. The summed E-state index contributed by atoms with van der Waals surface area (Å²) in [5.74, 6) is 0.0801. The SMILES string of the molecule is CCOC(=O)c1cnc2ccc(C(C)C)cc2c1NC. The van der Waals surface area contributed by atoms with Crippen molar-refractivity contribution in [1.82, 2.24) is 4.98 Å². The molecule has 0 aliphatic heterocycles. The summed E-state index contributed by atoms with van der Waals surface area (Å²) in [6, 6.07) is 6.14. The van der Waals surface area contributed by atoms with Crippen LogP contribution in [0.15, 0.2) is 24.4 Å². The van der Waals surface area contributed by atoms with E-state index in [1.54, 1.807) is 20.2 Å². The first-order valence-corrected chi connectivity index (χ1v) is 6.86. The second-order valence-electron chi connectivity index (χ2n) is 4.95. The molecule has 0 saturated carbocycles. The third-order valence-electron chi connectivity index (χ3n) is 3.30. The van der Waals surface area contributed by atoms with Gasteiger partial charge in [0.2, 0.25) is 0 Å². The van der Waals surface area contributed by atoms with Crippen molar-refractivity contribution in [2.45, 2.75) is 26.7 Å². The van der Waals surface area contributed by atoms with Crippen molar-refractivity contribution in [1.29, 1.82) is 0 Å². The Balaban J connectivity index is 2.64. The molecule has 1 N–H and O–H groups in total. The van der Waals surface area contributed by atoms with E-state index in [9.17, 15) is 4.79 Å². The Hall–Kier alpha value is -2.10. The summed E-state index contributed by atoms with van der Waals surface area (Å²) in [6.07, 6.45) is 1.57. The Morgan fingerprint density at radius 3 is 2.75 bits per heavy atom. The number of esters is 1. The van der Waals surface area contributed by atoms with Crippen LogP contribution in [-0.4, -0.2) is 24.6 Å². The predicted molar refractivity (Wildman–Crippen MR) is 81.3 cm³/mol. The first kappa shape index (κ1) is 14.3. The predicted octanol–water partition coefficient (Wildman–Crippen LogP) is 3.58. The Morgan fingerprint density at radius 1 is 1.40 bits per heavy atom. The quantitative estimate of drug-likeness (QED) is 0.864. The highest BCUT2D eigenvalue weighted by atomic mass is 16.5. The lowest BCUT2D eigenvalue weighted by Gasteiger charge is -2.13. The van der Waals surface area contributed by atoms with Gasteiger partial charge in [-0.15, -0.1) is 0 Å². The molecule has 0 radical (unpaired) electrons. The zero-order chi connectivity index (χ0) is 14.7. The summed E-state index contributed by atoms with van der Waals surface area (Å²) in [5, 5.41) is 4.05. The molecule has 0 atom stereocenters. The topological polar surface area (TPSA) is 51.2 Å². The van der Waals surface area contributed by atoms with Crippen LogP contribution < -0.4 is 5.32 Å². The number of benzene rings is 1. The number of ether oxygens (including phenoxy) is 1. The molecule has 0 fully saturated rings. The van der Waals surface area contributed by atoms with Crippen molar-refractivity contribution in [3.63, 3.8) is 0 Å². The molecular formula is C16H20N2O2. The average Bonchev–Trinajstić information content (AvgIpc) is 2.45. The number of fused-ring (bicyclic) bond motifs is 1. The maximum absolute atomic E-state index is 12.0.